The molecule has 138 valence electrons. The Morgan fingerprint density at radius 2 is 1.21 bits per heavy atom. The lowest BCUT2D eigenvalue weighted by molar-refractivity contribution is -0.107. The quantitative estimate of drug-likeness (QED) is 0.496. The minimum absolute atomic E-state index is 0.756. The van der Waals surface area contributed by atoms with Crippen LogP contribution in [0.3, 0.4) is 0 Å². The highest BCUT2D eigenvalue weighted by molar-refractivity contribution is 5.03. The van der Waals surface area contributed by atoms with Gasteiger partial charge in [-0.05, 0) is 60.7 Å². The second-order valence-electron chi connectivity index (χ2n) is 10.2. The van der Waals surface area contributed by atoms with Gasteiger partial charge in [-0.25, -0.2) is 0 Å². The van der Waals surface area contributed by atoms with Gasteiger partial charge in [-0.3, -0.25) is 0 Å². The Balaban J connectivity index is 1.65. The molecule has 0 heterocycles. The highest BCUT2D eigenvalue weighted by atomic mass is 14.6. The Labute approximate surface area is 151 Å². The van der Waals surface area contributed by atoms with Crippen molar-refractivity contribution >= 4 is 0 Å². The van der Waals surface area contributed by atoms with Crippen LogP contribution in [0.25, 0.3) is 0 Å². The highest BCUT2D eigenvalue weighted by Gasteiger charge is 2.54. The average Bonchev–Trinajstić information content (AvgIpc) is 2.68. The van der Waals surface area contributed by atoms with Crippen LogP contribution < -0.4 is 0 Å². The van der Waals surface area contributed by atoms with Crippen molar-refractivity contribution in [2.75, 3.05) is 0 Å². The van der Waals surface area contributed by atoms with Crippen LogP contribution in [-0.4, -0.2) is 0 Å². The van der Waals surface area contributed by atoms with E-state index in [1.165, 1.54) is 25.7 Å². The first-order chi connectivity index (χ1) is 11.8. The van der Waals surface area contributed by atoms with Crippen molar-refractivity contribution in [2.45, 2.75) is 116 Å². The maximum absolute atomic E-state index is 2.75. The monoisotopic (exact) mass is 330 g/mol. The molecule has 4 unspecified atom stereocenters. The average molecular weight is 331 g/mol. The van der Waals surface area contributed by atoms with Crippen LogP contribution in [0.1, 0.15) is 116 Å². The second-order valence-corrected chi connectivity index (χ2v) is 10.2. The van der Waals surface area contributed by atoms with Crippen LogP contribution in [-0.2, 0) is 0 Å². The zero-order valence-corrected chi connectivity index (χ0v) is 16.4. The van der Waals surface area contributed by atoms with E-state index >= 15 is 0 Å². The molecule has 0 radical (unpaired) electrons. The SMILES string of the molecule is CC(C1CCCCC1)C1(C2CCCCC2)CCCC2CCCCC21. The molecule has 0 aromatic heterocycles. The number of hydrogen-bond donors (Lipinski definition) is 0. The van der Waals surface area contributed by atoms with E-state index in [9.17, 15) is 0 Å². The standard InChI is InChI=1S/C24H42/c1-19(20-11-4-2-5-12-20)24(22-15-6-3-7-16-22)18-10-14-21-13-8-9-17-23(21)24/h19-23H,2-18H2,1H3. The molecule has 24 heavy (non-hydrogen) atoms. The summed E-state index contributed by atoms with van der Waals surface area (Å²) in [5, 5.41) is 0. The molecule has 0 bridgehead atoms. The fourth-order valence-electron chi connectivity index (χ4n) is 8.27. The van der Waals surface area contributed by atoms with Gasteiger partial charge in [0.25, 0.3) is 0 Å². The van der Waals surface area contributed by atoms with Gasteiger partial charge in [0, 0.05) is 0 Å². The summed E-state index contributed by atoms with van der Waals surface area (Å²) < 4.78 is 0. The van der Waals surface area contributed by atoms with Gasteiger partial charge >= 0.3 is 0 Å². The van der Waals surface area contributed by atoms with Gasteiger partial charge in [0.15, 0.2) is 0 Å². The third-order valence-corrected chi connectivity index (χ3v) is 9.35. The fourth-order valence-corrected chi connectivity index (χ4v) is 8.27. The third-order valence-electron chi connectivity index (χ3n) is 9.35. The summed E-state index contributed by atoms with van der Waals surface area (Å²) in [4.78, 5) is 0. The van der Waals surface area contributed by atoms with Crippen molar-refractivity contribution in [3.8, 4) is 0 Å². The predicted molar refractivity (Wildman–Crippen MR) is 104 cm³/mol. The van der Waals surface area contributed by atoms with Gasteiger partial charge < -0.3 is 0 Å². The number of rotatable bonds is 3. The lowest BCUT2D eigenvalue weighted by Crippen LogP contribution is -2.52. The molecule has 4 atom stereocenters. The molecule has 4 saturated carbocycles. The largest absolute Gasteiger partial charge is 0.0617 e. The summed E-state index contributed by atoms with van der Waals surface area (Å²) in [5.74, 6) is 5.41. The molecule has 4 aliphatic rings. The van der Waals surface area contributed by atoms with Gasteiger partial charge in [-0.1, -0.05) is 90.4 Å². The van der Waals surface area contributed by atoms with Crippen LogP contribution in [0.5, 0.6) is 0 Å². The van der Waals surface area contributed by atoms with E-state index in [0.29, 0.717) is 0 Å². The van der Waals surface area contributed by atoms with E-state index < -0.39 is 0 Å². The summed E-state index contributed by atoms with van der Waals surface area (Å²) in [5.41, 5.74) is 0.756. The fraction of sp³-hybridized carbons (Fsp3) is 1.00. The van der Waals surface area contributed by atoms with Gasteiger partial charge in [0.1, 0.15) is 0 Å². The maximum atomic E-state index is 2.75. The summed E-state index contributed by atoms with van der Waals surface area (Å²) in [6.45, 7) is 2.75. The Bertz CT molecular complexity index is 385. The Morgan fingerprint density at radius 1 is 0.625 bits per heavy atom. The van der Waals surface area contributed by atoms with Crippen molar-refractivity contribution < 1.29 is 0 Å². The molecule has 0 saturated heterocycles. The van der Waals surface area contributed by atoms with Crippen molar-refractivity contribution in [3.63, 3.8) is 0 Å². The Morgan fingerprint density at radius 3 is 1.96 bits per heavy atom. The van der Waals surface area contributed by atoms with Crippen LogP contribution >= 0.6 is 0 Å². The van der Waals surface area contributed by atoms with Crippen LogP contribution in [0, 0.1) is 35.0 Å². The molecule has 0 amide bonds. The van der Waals surface area contributed by atoms with Gasteiger partial charge in [-0.15, -0.1) is 0 Å². The third kappa shape index (κ3) is 3.09. The maximum Gasteiger partial charge on any atom is -0.0210 e. The van der Waals surface area contributed by atoms with Gasteiger partial charge in [-0.2, -0.15) is 0 Å². The van der Waals surface area contributed by atoms with E-state index in [2.05, 4.69) is 6.92 Å². The number of fused-ring (bicyclic) bond motifs is 1. The molecule has 0 aromatic carbocycles. The summed E-state index contributed by atoms with van der Waals surface area (Å²) in [6.07, 6.45) is 26.5. The molecule has 4 aliphatic carbocycles. The summed E-state index contributed by atoms with van der Waals surface area (Å²) in [6, 6.07) is 0. The number of hydrogen-bond acceptors (Lipinski definition) is 0. The molecule has 4 fully saturated rings. The normalized spacial score (nSPS) is 40.9. The van der Waals surface area contributed by atoms with E-state index in [1.807, 2.05) is 0 Å². The van der Waals surface area contributed by atoms with Crippen LogP contribution in [0.4, 0.5) is 0 Å². The zero-order valence-electron chi connectivity index (χ0n) is 16.4. The van der Waals surface area contributed by atoms with Crippen LogP contribution in [0.15, 0.2) is 0 Å². The first-order valence-electron chi connectivity index (χ1n) is 11.8. The minimum Gasteiger partial charge on any atom is -0.0617 e. The predicted octanol–water partition coefficient (Wildman–Crippen LogP) is 7.76. The molecule has 0 aromatic rings. The summed E-state index contributed by atoms with van der Waals surface area (Å²) >= 11 is 0. The van der Waals surface area contributed by atoms with E-state index in [1.54, 1.807) is 83.5 Å². The Kier molecular flexibility index (Phi) is 5.59. The molecule has 0 N–H and O–H groups in total. The molecular weight excluding hydrogens is 288 g/mol. The highest BCUT2D eigenvalue weighted by Crippen LogP contribution is 2.63. The molecule has 0 nitrogen and oxygen atoms in total. The van der Waals surface area contributed by atoms with Crippen molar-refractivity contribution in [1.82, 2.24) is 0 Å². The van der Waals surface area contributed by atoms with E-state index in [4.69, 9.17) is 0 Å². The molecule has 0 spiro atoms. The smallest absolute Gasteiger partial charge is 0.0210 e. The molecule has 4 rings (SSSR count). The molecule has 0 heteroatoms. The van der Waals surface area contributed by atoms with Crippen molar-refractivity contribution in [2.24, 2.45) is 35.0 Å². The minimum atomic E-state index is 0.756. The molecular formula is C24H42. The van der Waals surface area contributed by atoms with Crippen LogP contribution in [0.2, 0.25) is 0 Å². The Hall–Kier alpha value is 0. The first-order valence-corrected chi connectivity index (χ1v) is 11.8. The second kappa shape index (κ2) is 7.71. The first kappa shape index (κ1) is 17.4. The van der Waals surface area contributed by atoms with E-state index in [-0.39, 0.29) is 0 Å². The lowest BCUT2D eigenvalue weighted by atomic mass is 9.45. The van der Waals surface area contributed by atoms with Gasteiger partial charge in [0.05, 0.1) is 0 Å². The molecule has 0 aliphatic heterocycles. The van der Waals surface area contributed by atoms with E-state index in [0.717, 1.165) is 35.0 Å². The summed E-state index contributed by atoms with van der Waals surface area (Å²) in [7, 11) is 0. The zero-order chi connectivity index (χ0) is 16.4. The van der Waals surface area contributed by atoms with Crippen molar-refractivity contribution in [1.29, 1.82) is 0 Å². The lowest BCUT2D eigenvalue weighted by Gasteiger charge is -2.60. The van der Waals surface area contributed by atoms with Gasteiger partial charge in [0.2, 0.25) is 0 Å². The topological polar surface area (TPSA) is 0 Å². The van der Waals surface area contributed by atoms with Crippen molar-refractivity contribution in [3.05, 3.63) is 0 Å².